The fourth-order valence-electron chi connectivity index (χ4n) is 1.64. The van der Waals surface area contributed by atoms with Crippen molar-refractivity contribution in [1.29, 1.82) is 0 Å². The van der Waals surface area contributed by atoms with Crippen LogP contribution in [0.25, 0.3) is 0 Å². The molecule has 0 heterocycles. The van der Waals surface area contributed by atoms with Crippen LogP contribution in [0.5, 0.6) is 5.75 Å². The molecule has 19 heavy (non-hydrogen) atoms. The largest absolute Gasteiger partial charge is 0.507 e. The first-order chi connectivity index (χ1) is 8.99. The number of amides is 1. The third-order valence-corrected chi connectivity index (χ3v) is 3.74. The summed E-state index contributed by atoms with van der Waals surface area (Å²) in [5, 5.41) is 12.4. The van der Waals surface area contributed by atoms with Crippen LogP contribution in [0.4, 0.5) is 11.4 Å². The molecule has 2 aromatic carbocycles. The fraction of sp³-hybridized carbons (Fsp3) is 0.0714. The standard InChI is InChI=1S/C14H13IN2O2/c1-8-11(16)3-2-4-12(8)17-14(19)9-5-6-10(15)13(18)7-9/h2-7,18H,16H2,1H3,(H,17,19). The van der Waals surface area contributed by atoms with Crippen LogP contribution in [0.1, 0.15) is 15.9 Å². The van der Waals surface area contributed by atoms with Crippen LogP contribution in [-0.4, -0.2) is 11.0 Å². The molecule has 0 aliphatic heterocycles. The second-order valence-corrected chi connectivity index (χ2v) is 5.30. The Morgan fingerprint density at radius 2 is 2.05 bits per heavy atom. The molecule has 5 heteroatoms. The molecule has 4 N–H and O–H groups in total. The van der Waals surface area contributed by atoms with E-state index in [0.29, 0.717) is 20.5 Å². The zero-order valence-electron chi connectivity index (χ0n) is 10.3. The summed E-state index contributed by atoms with van der Waals surface area (Å²) in [5.41, 5.74) is 8.31. The van der Waals surface area contributed by atoms with Crippen LogP contribution >= 0.6 is 22.6 Å². The number of rotatable bonds is 2. The molecule has 2 rings (SSSR count). The monoisotopic (exact) mass is 368 g/mol. The number of hydrogen-bond acceptors (Lipinski definition) is 3. The van der Waals surface area contributed by atoms with Crippen LogP contribution in [0, 0.1) is 10.5 Å². The molecule has 0 atom stereocenters. The summed E-state index contributed by atoms with van der Waals surface area (Å²) >= 11 is 2.00. The Balaban J connectivity index is 2.26. The molecule has 0 aliphatic carbocycles. The van der Waals surface area contributed by atoms with Crippen molar-refractivity contribution in [3.05, 3.63) is 51.1 Å². The van der Waals surface area contributed by atoms with Crippen molar-refractivity contribution in [1.82, 2.24) is 0 Å². The van der Waals surface area contributed by atoms with Crippen molar-refractivity contribution < 1.29 is 9.90 Å². The quantitative estimate of drug-likeness (QED) is 0.563. The highest BCUT2D eigenvalue weighted by Gasteiger charge is 2.10. The van der Waals surface area contributed by atoms with Crippen molar-refractivity contribution in [2.75, 3.05) is 11.1 Å². The molecule has 0 aromatic heterocycles. The van der Waals surface area contributed by atoms with Gasteiger partial charge in [-0.25, -0.2) is 0 Å². The van der Waals surface area contributed by atoms with Crippen molar-refractivity contribution in [2.24, 2.45) is 0 Å². The molecule has 0 spiro atoms. The van der Waals surface area contributed by atoms with E-state index in [1.165, 1.54) is 6.07 Å². The van der Waals surface area contributed by atoms with Gasteiger partial charge in [-0.1, -0.05) is 6.07 Å². The minimum absolute atomic E-state index is 0.0950. The number of phenols is 1. The lowest BCUT2D eigenvalue weighted by atomic mass is 10.1. The van der Waals surface area contributed by atoms with Gasteiger partial charge >= 0.3 is 0 Å². The summed E-state index contributed by atoms with van der Waals surface area (Å²) in [4.78, 5) is 12.1. The van der Waals surface area contributed by atoms with Gasteiger partial charge in [0.25, 0.3) is 5.91 Å². The molecule has 0 unspecified atom stereocenters. The number of hydrogen-bond donors (Lipinski definition) is 3. The van der Waals surface area contributed by atoms with E-state index < -0.39 is 0 Å². The second-order valence-electron chi connectivity index (χ2n) is 4.14. The first-order valence-electron chi connectivity index (χ1n) is 5.64. The van der Waals surface area contributed by atoms with Crippen LogP contribution in [0.15, 0.2) is 36.4 Å². The van der Waals surface area contributed by atoms with Gasteiger partial charge in [-0.2, -0.15) is 0 Å². The third kappa shape index (κ3) is 2.98. The Morgan fingerprint density at radius 1 is 1.32 bits per heavy atom. The fourth-order valence-corrected chi connectivity index (χ4v) is 1.97. The van der Waals surface area contributed by atoms with Gasteiger partial charge in [0, 0.05) is 16.9 Å². The predicted octanol–water partition coefficient (Wildman–Crippen LogP) is 3.14. The van der Waals surface area contributed by atoms with Gasteiger partial charge in [-0.05, 0) is 65.4 Å². The normalized spacial score (nSPS) is 10.2. The highest BCUT2D eigenvalue weighted by Crippen LogP contribution is 2.23. The second kappa shape index (κ2) is 5.48. The molecule has 98 valence electrons. The number of phenolic OH excluding ortho intramolecular Hbond substituents is 1. The summed E-state index contributed by atoms with van der Waals surface area (Å²) in [6.45, 7) is 1.84. The number of carbonyl (C=O) groups excluding carboxylic acids is 1. The van der Waals surface area contributed by atoms with E-state index in [0.717, 1.165) is 5.56 Å². The first-order valence-corrected chi connectivity index (χ1v) is 6.72. The summed E-state index contributed by atoms with van der Waals surface area (Å²) in [6.07, 6.45) is 0. The first kappa shape index (κ1) is 13.7. The van der Waals surface area contributed by atoms with E-state index in [4.69, 9.17) is 5.73 Å². The van der Waals surface area contributed by atoms with E-state index in [-0.39, 0.29) is 11.7 Å². The lowest BCUT2D eigenvalue weighted by Crippen LogP contribution is -2.13. The van der Waals surface area contributed by atoms with Crippen molar-refractivity contribution in [3.63, 3.8) is 0 Å². The Bertz CT molecular complexity index is 641. The van der Waals surface area contributed by atoms with E-state index in [2.05, 4.69) is 5.32 Å². The maximum Gasteiger partial charge on any atom is 0.255 e. The number of nitrogens with one attached hydrogen (secondary N) is 1. The van der Waals surface area contributed by atoms with Gasteiger partial charge in [0.2, 0.25) is 0 Å². The number of nitrogens with two attached hydrogens (primary N) is 1. The molecular formula is C14H13IN2O2. The minimum Gasteiger partial charge on any atom is -0.507 e. The van der Waals surface area contributed by atoms with Crippen LogP contribution in [0.3, 0.4) is 0 Å². The number of anilines is 2. The Hall–Kier alpha value is -1.76. The molecule has 0 aliphatic rings. The molecule has 1 amide bonds. The predicted molar refractivity (Wildman–Crippen MR) is 84.4 cm³/mol. The Morgan fingerprint density at radius 3 is 2.74 bits per heavy atom. The number of aromatic hydroxyl groups is 1. The van der Waals surface area contributed by atoms with E-state index in [1.54, 1.807) is 30.3 Å². The lowest BCUT2D eigenvalue weighted by molar-refractivity contribution is 0.102. The average molecular weight is 368 g/mol. The molecule has 4 nitrogen and oxygen atoms in total. The van der Waals surface area contributed by atoms with Gasteiger partial charge in [0.05, 0.1) is 3.57 Å². The van der Waals surface area contributed by atoms with E-state index >= 15 is 0 Å². The van der Waals surface area contributed by atoms with Gasteiger partial charge in [-0.3, -0.25) is 4.79 Å². The zero-order valence-corrected chi connectivity index (χ0v) is 12.4. The topological polar surface area (TPSA) is 75.3 Å². The number of halogens is 1. The molecular weight excluding hydrogens is 355 g/mol. The summed E-state index contributed by atoms with van der Waals surface area (Å²) in [5.74, 6) is -0.182. The maximum atomic E-state index is 12.1. The summed E-state index contributed by atoms with van der Waals surface area (Å²) in [6, 6.07) is 10.1. The molecule has 0 saturated carbocycles. The van der Waals surface area contributed by atoms with Gasteiger partial charge in [0.1, 0.15) is 5.75 Å². The van der Waals surface area contributed by atoms with Gasteiger partial charge in [0.15, 0.2) is 0 Å². The summed E-state index contributed by atoms with van der Waals surface area (Å²) in [7, 11) is 0. The van der Waals surface area contributed by atoms with Crippen LogP contribution in [-0.2, 0) is 0 Å². The van der Waals surface area contributed by atoms with E-state index in [1.807, 2.05) is 29.5 Å². The van der Waals surface area contributed by atoms with Crippen LogP contribution in [0.2, 0.25) is 0 Å². The Kier molecular flexibility index (Phi) is 3.94. The van der Waals surface area contributed by atoms with Crippen molar-refractivity contribution >= 4 is 39.9 Å². The number of benzene rings is 2. The minimum atomic E-state index is -0.277. The molecule has 0 bridgehead atoms. The molecule has 0 fully saturated rings. The highest BCUT2D eigenvalue weighted by atomic mass is 127. The van der Waals surface area contributed by atoms with E-state index in [9.17, 15) is 9.90 Å². The van der Waals surface area contributed by atoms with Gasteiger partial charge in [-0.15, -0.1) is 0 Å². The maximum absolute atomic E-state index is 12.1. The van der Waals surface area contributed by atoms with Crippen LogP contribution < -0.4 is 11.1 Å². The number of nitrogen functional groups attached to an aromatic ring is 1. The van der Waals surface area contributed by atoms with Crippen molar-refractivity contribution in [3.8, 4) is 5.75 Å². The average Bonchev–Trinajstić information content (AvgIpc) is 2.38. The molecule has 2 aromatic rings. The lowest BCUT2D eigenvalue weighted by Gasteiger charge is -2.10. The van der Waals surface area contributed by atoms with Crippen molar-refractivity contribution in [2.45, 2.75) is 6.92 Å². The summed E-state index contributed by atoms with van der Waals surface area (Å²) < 4.78 is 0.703. The smallest absolute Gasteiger partial charge is 0.255 e. The molecule has 0 radical (unpaired) electrons. The SMILES string of the molecule is Cc1c(N)cccc1NC(=O)c1ccc(I)c(O)c1. The third-order valence-electron chi connectivity index (χ3n) is 2.83. The zero-order chi connectivity index (χ0) is 14.0. The number of carbonyl (C=O) groups is 1. The highest BCUT2D eigenvalue weighted by molar-refractivity contribution is 14.1. The van der Waals surface area contributed by atoms with Gasteiger partial charge < -0.3 is 16.2 Å². The molecule has 0 saturated heterocycles. The Labute approximate surface area is 124 Å².